The minimum atomic E-state index is -0.549. The molecule has 140 valence electrons. The summed E-state index contributed by atoms with van der Waals surface area (Å²) in [5, 5.41) is 13.9. The van der Waals surface area contributed by atoms with Crippen LogP contribution in [-0.2, 0) is 13.2 Å². The van der Waals surface area contributed by atoms with Crippen molar-refractivity contribution in [1.82, 2.24) is 5.32 Å². The maximum Gasteiger partial charge on any atom is 0.124 e. The standard InChI is InChI=1S/C24H27NO2/c1-18-12-14-20(15-13-18)17-27-23-11-7-6-10-22(23)16-25-19(2)24(26)21-8-4-3-5-9-21/h3-15,19,24-26H,16-17H2,1-2H3. The van der Waals surface area contributed by atoms with Crippen molar-refractivity contribution >= 4 is 0 Å². The fourth-order valence-electron chi connectivity index (χ4n) is 2.96. The third-order valence-electron chi connectivity index (χ3n) is 4.72. The number of aliphatic hydroxyl groups excluding tert-OH is 1. The average molecular weight is 361 g/mol. The highest BCUT2D eigenvalue weighted by molar-refractivity contribution is 5.34. The van der Waals surface area contributed by atoms with Gasteiger partial charge in [-0.1, -0.05) is 78.4 Å². The third-order valence-corrected chi connectivity index (χ3v) is 4.72. The molecule has 0 heterocycles. The normalized spacial score (nSPS) is 13.1. The van der Waals surface area contributed by atoms with Gasteiger partial charge in [-0.2, -0.15) is 0 Å². The molecule has 3 aromatic carbocycles. The summed E-state index contributed by atoms with van der Waals surface area (Å²) in [6.45, 7) is 5.25. The van der Waals surface area contributed by atoms with Gasteiger partial charge in [0.2, 0.25) is 0 Å². The zero-order valence-electron chi connectivity index (χ0n) is 15.9. The molecule has 0 aliphatic heterocycles. The van der Waals surface area contributed by atoms with Gasteiger partial charge in [0, 0.05) is 18.2 Å². The predicted molar refractivity (Wildman–Crippen MR) is 110 cm³/mol. The van der Waals surface area contributed by atoms with Crippen LogP contribution in [0.3, 0.4) is 0 Å². The molecule has 3 rings (SSSR count). The van der Waals surface area contributed by atoms with E-state index in [0.29, 0.717) is 13.2 Å². The monoisotopic (exact) mass is 361 g/mol. The summed E-state index contributed by atoms with van der Waals surface area (Å²) >= 11 is 0. The van der Waals surface area contributed by atoms with Crippen molar-refractivity contribution < 1.29 is 9.84 Å². The van der Waals surface area contributed by atoms with Gasteiger partial charge >= 0.3 is 0 Å². The lowest BCUT2D eigenvalue weighted by atomic mass is 10.0. The van der Waals surface area contributed by atoms with Crippen molar-refractivity contribution in [3.8, 4) is 5.75 Å². The lowest BCUT2D eigenvalue weighted by molar-refractivity contribution is 0.135. The summed E-state index contributed by atoms with van der Waals surface area (Å²) in [4.78, 5) is 0. The van der Waals surface area contributed by atoms with Crippen molar-refractivity contribution in [1.29, 1.82) is 0 Å². The van der Waals surface area contributed by atoms with E-state index in [1.54, 1.807) is 0 Å². The molecule has 27 heavy (non-hydrogen) atoms. The first-order chi connectivity index (χ1) is 13.1. The second-order valence-electron chi connectivity index (χ2n) is 6.91. The van der Waals surface area contributed by atoms with E-state index in [-0.39, 0.29) is 6.04 Å². The summed E-state index contributed by atoms with van der Waals surface area (Å²) in [6.07, 6.45) is -0.549. The highest BCUT2D eigenvalue weighted by Crippen LogP contribution is 2.21. The Morgan fingerprint density at radius 3 is 2.30 bits per heavy atom. The maximum absolute atomic E-state index is 10.5. The van der Waals surface area contributed by atoms with Crippen LogP contribution < -0.4 is 10.1 Å². The Labute approximate surface area is 161 Å². The van der Waals surface area contributed by atoms with Gasteiger partial charge in [-0.05, 0) is 31.0 Å². The Morgan fingerprint density at radius 2 is 1.56 bits per heavy atom. The smallest absolute Gasteiger partial charge is 0.124 e. The SMILES string of the molecule is Cc1ccc(COc2ccccc2CNC(C)C(O)c2ccccc2)cc1. The van der Waals surface area contributed by atoms with Gasteiger partial charge in [0.25, 0.3) is 0 Å². The Kier molecular flexibility index (Phi) is 6.64. The number of aryl methyl sites for hydroxylation is 1. The van der Waals surface area contributed by atoms with Crippen LogP contribution in [0.4, 0.5) is 0 Å². The van der Waals surface area contributed by atoms with E-state index in [0.717, 1.165) is 22.4 Å². The van der Waals surface area contributed by atoms with Gasteiger partial charge < -0.3 is 15.2 Å². The van der Waals surface area contributed by atoms with Crippen LogP contribution in [0.25, 0.3) is 0 Å². The van der Waals surface area contributed by atoms with Gasteiger partial charge in [0.05, 0.1) is 6.10 Å². The number of para-hydroxylation sites is 1. The minimum absolute atomic E-state index is 0.0717. The van der Waals surface area contributed by atoms with Crippen LogP contribution in [0.5, 0.6) is 5.75 Å². The van der Waals surface area contributed by atoms with Crippen LogP contribution in [0.1, 0.15) is 35.3 Å². The lowest BCUT2D eigenvalue weighted by Gasteiger charge is -2.21. The molecule has 0 saturated carbocycles. The van der Waals surface area contributed by atoms with Crippen molar-refractivity contribution in [3.05, 3.63) is 101 Å². The first-order valence-electron chi connectivity index (χ1n) is 9.36. The largest absolute Gasteiger partial charge is 0.489 e. The molecule has 0 aliphatic carbocycles. The van der Waals surface area contributed by atoms with Crippen LogP contribution in [0, 0.1) is 6.92 Å². The van der Waals surface area contributed by atoms with E-state index in [9.17, 15) is 5.11 Å². The average Bonchev–Trinajstić information content (AvgIpc) is 2.72. The molecule has 0 fully saturated rings. The molecule has 3 heteroatoms. The van der Waals surface area contributed by atoms with E-state index in [4.69, 9.17) is 4.74 Å². The van der Waals surface area contributed by atoms with E-state index in [1.165, 1.54) is 5.56 Å². The van der Waals surface area contributed by atoms with Gasteiger partial charge in [-0.3, -0.25) is 0 Å². The number of rotatable bonds is 8. The molecule has 3 nitrogen and oxygen atoms in total. The fourth-order valence-corrected chi connectivity index (χ4v) is 2.96. The van der Waals surface area contributed by atoms with E-state index < -0.39 is 6.10 Å². The molecule has 0 amide bonds. The Hall–Kier alpha value is -2.62. The molecule has 0 saturated heterocycles. The molecule has 0 bridgehead atoms. The fraction of sp³-hybridized carbons (Fsp3) is 0.250. The van der Waals surface area contributed by atoms with Crippen LogP contribution in [0.2, 0.25) is 0 Å². The lowest BCUT2D eigenvalue weighted by Crippen LogP contribution is -2.31. The number of aliphatic hydroxyl groups is 1. The summed E-state index contributed by atoms with van der Waals surface area (Å²) in [5.41, 5.74) is 4.39. The van der Waals surface area contributed by atoms with Crippen LogP contribution in [0.15, 0.2) is 78.9 Å². The topological polar surface area (TPSA) is 41.5 Å². The summed E-state index contributed by atoms with van der Waals surface area (Å²) in [6, 6.07) is 26.1. The highest BCUT2D eigenvalue weighted by Gasteiger charge is 2.16. The molecule has 2 N–H and O–H groups in total. The number of nitrogens with one attached hydrogen (secondary N) is 1. The molecule has 2 unspecified atom stereocenters. The molecule has 0 aromatic heterocycles. The first-order valence-corrected chi connectivity index (χ1v) is 9.36. The maximum atomic E-state index is 10.5. The predicted octanol–water partition coefficient (Wildman–Crippen LogP) is 4.79. The summed E-state index contributed by atoms with van der Waals surface area (Å²) in [5.74, 6) is 0.868. The molecular weight excluding hydrogens is 334 g/mol. The molecule has 0 spiro atoms. The summed E-state index contributed by atoms with van der Waals surface area (Å²) < 4.78 is 6.04. The quantitative estimate of drug-likeness (QED) is 0.606. The minimum Gasteiger partial charge on any atom is -0.489 e. The second-order valence-corrected chi connectivity index (χ2v) is 6.91. The second kappa shape index (κ2) is 9.36. The molecule has 2 atom stereocenters. The highest BCUT2D eigenvalue weighted by atomic mass is 16.5. The van der Waals surface area contributed by atoms with E-state index in [1.807, 2.05) is 55.5 Å². The Balaban J connectivity index is 1.59. The Morgan fingerprint density at radius 1 is 0.889 bits per heavy atom. The van der Waals surface area contributed by atoms with Gasteiger partial charge in [0.1, 0.15) is 12.4 Å². The van der Waals surface area contributed by atoms with Crippen LogP contribution in [-0.4, -0.2) is 11.1 Å². The summed E-state index contributed by atoms with van der Waals surface area (Å²) in [7, 11) is 0. The van der Waals surface area contributed by atoms with Crippen molar-refractivity contribution in [2.45, 2.75) is 39.1 Å². The number of hydrogen-bond donors (Lipinski definition) is 2. The van der Waals surface area contributed by atoms with Crippen LogP contribution >= 0.6 is 0 Å². The zero-order chi connectivity index (χ0) is 19.1. The van der Waals surface area contributed by atoms with Gasteiger partial charge in [0.15, 0.2) is 0 Å². The number of hydrogen-bond acceptors (Lipinski definition) is 3. The Bertz CT molecular complexity index is 831. The zero-order valence-corrected chi connectivity index (χ0v) is 15.9. The van der Waals surface area contributed by atoms with Crippen molar-refractivity contribution in [3.63, 3.8) is 0 Å². The molecular formula is C24H27NO2. The first kappa shape index (κ1) is 19.2. The molecule has 0 aliphatic rings. The third kappa shape index (κ3) is 5.43. The van der Waals surface area contributed by atoms with Gasteiger partial charge in [-0.25, -0.2) is 0 Å². The van der Waals surface area contributed by atoms with E-state index >= 15 is 0 Å². The van der Waals surface area contributed by atoms with E-state index in [2.05, 4.69) is 42.6 Å². The van der Waals surface area contributed by atoms with Crippen molar-refractivity contribution in [2.24, 2.45) is 0 Å². The number of benzene rings is 3. The molecule has 3 aromatic rings. The van der Waals surface area contributed by atoms with Crippen molar-refractivity contribution in [2.75, 3.05) is 0 Å². The molecule has 0 radical (unpaired) electrons. The van der Waals surface area contributed by atoms with Gasteiger partial charge in [-0.15, -0.1) is 0 Å². The number of ether oxygens (including phenoxy) is 1.